The minimum Gasteiger partial charge on any atom is -0.496 e. The summed E-state index contributed by atoms with van der Waals surface area (Å²) in [5, 5.41) is 4.87. The Bertz CT molecular complexity index is 937. The molecule has 3 rings (SSSR count). The number of methoxy groups -OCH3 is 1. The van der Waals surface area contributed by atoms with Crippen LogP contribution in [0.3, 0.4) is 0 Å². The van der Waals surface area contributed by atoms with E-state index in [0.717, 1.165) is 12.0 Å². The molecule has 0 spiro atoms. The fourth-order valence-electron chi connectivity index (χ4n) is 3.16. The van der Waals surface area contributed by atoms with Crippen LogP contribution in [0.1, 0.15) is 27.8 Å². The topological polar surface area (TPSA) is 67.4 Å². The number of carbonyl (C=O) groups is 2. The lowest BCUT2D eigenvalue weighted by atomic mass is 9.98. The van der Waals surface area contributed by atoms with Crippen molar-refractivity contribution in [3.05, 3.63) is 69.8 Å². The Hall–Kier alpha value is -2.99. The second-order valence-electron chi connectivity index (χ2n) is 6.54. The van der Waals surface area contributed by atoms with Gasteiger partial charge >= 0.3 is 0 Å². The maximum Gasteiger partial charge on any atom is 0.263 e. The van der Waals surface area contributed by atoms with E-state index in [1.54, 1.807) is 7.11 Å². The second kappa shape index (κ2) is 7.72. The van der Waals surface area contributed by atoms with E-state index < -0.39 is 11.8 Å². The number of hydrogen-bond donors (Lipinski definition) is 2. The third-order valence-electron chi connectivity index (χ3n) is 4.24. The molecule has 6 heteroatoms. The molecule has 138 valence electrons. The van der Waals surface area contributed by atoms with Gasteiger partial charge in [-0.15, -0.1) is 0 Å². The average Bonchev–Trinajstić information content (AvgIpc) is 2.58. The molecule has 1 aliphatic heterocycles. The predicted octanol–water partition coefficient (Wildman–Crippen LogP) is 2.82. The lowest BCUT2D eigenvalue weighted by molar-refractivity contribution is -0.123. The van der Waals surface area contributed by atoms with Gasteiger partial charge in [-0.1, -0.05) is 41.5 Å². The predicted molar refractivity (Wildman–Crippen MR) is 109 cm³/mol. The Kier molecular flexibility index (Phi) is 5.37. The van der Waals surface area contributed by atoms with E-state index in [9.17, 15) is 9.59 Å². The van der Waals surface area contributed by atoms with Crippen molar-refractivity contribution in [2.24, 2.45) is 0 Å². The number of benzene rings is 2. The average molecular weight is 380 g/mol. The van der Waals surface area contributed by atoms with Gasteiger partial charge in [0.25, 0.3) is 11.8 Å². The molecule has 0 aliphatic carbocycles. The first kappa shape index (κ1) is 18.8. The van der Waals surface area contributed by atoms with E-state index in [2.05, 4.69) is 42.7 Å². The molecule has 1 saturated heterocycles. The Morgan fingerprint density at radius 1 is 1.00 bits per heavy atom. The van der Waals surface area contributed by atoms with Crippen LogP contribution in [0.5, 0.6) is 5.75 Å². The monoisotopic (exact) mass is 380 g/mol. The van der Waals surface area contributed by atoms with Crippen LogP contribution >= 0.6 is 12.2 Å². The maximum absolute atomic E-state index is 12.0. The first-order valence-corrected chi connectivity index (χ1v) is 8.89. The Labute approximate surface area is 163 Å². The van der Waals surface area contributed by atoms with Crippen molar-refractivity contribution in [3.8, 4) is 5.75 Å². The van der Waals surface area contributed by atoms with Gasteiger partial charge in [-0.3, -0.25) is 20.2 Å². The minimum atomic E-state index is -0.512. The van der Waals surface area contributed by atoms with Crippen molar-refractivity contribution in [2.75, 3.05) is 7.11 Å². The molecule has 2 N–H and O–H groups in total. The van der Waals surface area contributed by atoms with Crippen molar-refractivity contribution in [1.29, 1.82) is 0 Å². The number of nitrogens with one attached hydrogen (secondary N) is 2. The van der Waals surface area contributed by atoms with Gasteiger partial charge in [-0.2, -0.15) is 0 Å². The standard InChI is InChI=1S/C21H20N2O3S/c1-12-6-13(2)8-15(7-12)9-16-5-4-14(11-18(16)26-3)10-17-19(24)22-21(27)23-20(17)25/h4-8,10-11H,9H2,1-3H3,(H2,22,23,24,25,27). The number of carbonyl (C=O) groups excluding carboxylic acids is 2. The number of thiocarbonyl (C=S) groups is 1. The van der Waals surface area contributed by atoms with Gasteiger partial charge in [0.05, 0.1) is 7.11 Å². The summed E-state index contributed by atoms with van der Waals surface area (Å²) in [4.78, 5) is 24.0. The van der Waals surface area contributed by atoms with Crippen LogP contribution in [-0.4, -0.2) is 24.0 Å². The van der Waals surface area contributed by atoms with Crippen LogP contribution in [0.2, 0.25) is 0 Å². The first-order chi connectivity index (χ1) is 12.9. The highest BCUT2D eigenvalue weighted by atomic mass is 32.1. The van der Waals surface area contributed by atoms with Gasteiger partial charge in [0.15, 0.2) is 5.11 Å². The third-order valence-corrected chi connectivity index (χ3v) is 4.45. The highest BCUT2D eigenvalue weighted by molar-refractivity contribution is 7.80. The summed E-state index contributed by atoms with van der Waals surface area (Å²) >= 11 is 4.80. The molecule has 0 saturated carbocycles. The first-order valence-electron chi connectivity index (χ1n) is 8.48. The van der Waals surface area contributed by atoms with Crippen LogP contribution in [0.15, 0.2) is 42.0 Å². The van der Waals surface area contributed by atoms with Crippen LogP contribution < -0.4 is 15.4 Å². The van der Waals surface area contributed by atoms with Crippen LogP contribution in [0.4, 0.5) is 0 Å². The lowest BCUT2D eigenvalue weighted by Gasteiger charge is -2.16. The summed E-state index contributed by atoms with van der Waals surface area (Å²) in [6.45, 7) is 4.16. The maximum atomic E-state index is 12.0. The van der Waals surface area contributed by atoms with Crippen molar-refractivity contribution >= 4 is 35.2 Å². The largest absolute Gasteiger partial charge is 0.496 e. The quantitative estimate of drug-likeness (QED) is 0.486. The fourth-order valence-corrected chi connectivity index (χ4v) is 3.35. The van der Waals surface area contributed by atoms with Crippen molar-refractivity contribution in [3.63, 3.8) is 0 Å². The van der Waals surface area contributed by atoms with Crippen molar-refractivity contribution < 1.29 is 14.3 Å². The highest BCUT2D eigenvalue weighted by Gasteiger charge is 2.25. The summed E-state index contributed by atoms with van der Waals surface area (Å²) in [7, 11) is 1.61. The van der Waals surface area contributed by atoms with E-state index in [1.807, 2.05) is 18.2 Å². The summed E-state index contributed by atoms with van der Waals surface area (Å²) in [6, 6.07) is 12.1. The molecule has 0 bridgehead atoms. The zero-order chi connectivity index (χ0) is 19.6. The molecule has 1 aliphatic rings. The van der Waals surface area contributed by atoms with E-state index in [1.165, 1.54) is 22.8 Å². The van der Waals surface area contributed by atoms with Gasteiger partial charge < -0.3 is 4.74 Å². The Morgan fingerprint density at radius 3 is 2.22 bits per heavy atom. The van der Waals surface area contributed by atoms with Gasteiger partial charge in [0.1, 0.15) is 11.3 Å². The number of amides is 2. The molecular formula is C21H20N2O3S. The third kappa shape index (κ3) is 4.41. The number of aryl methyl sites for hydroxylation is 2. The Balaban J connectivity index is 1.90. The van der Waals surface area contributed by atoms with E-state index in [-0.39, 0.29) is 10.7 Å². The highest BCUT2D eigenvalue weighted by Crippen LogP contribution is 2.25. The molecule has 1 fully saturated rings. The SMILES string of the molecule is COc1cc(C=C2C(=O)NC(=S)NC2=O)ccc1Cc1cc(C)cc(C)c1. The molecule has 0 atom stereocenters. The van der Waals surface area contributed by atoms with Crippen LogP contribution in [0.25, 0.3) is 6.08 Å². The summed E-state index contributed by atoms with van der Waals surface area (Å²) in [5.41, 5.74) is 5.38. The number of ether oxygens (including phenoxy) is 1. The lowest BCUT2D eigenvalue weighted by Crippen LogP contribution is -2.51. The van der Waals surface area contributed by atoms with Crippen molar-refractivity contribution in [1.82, 2.24) is 10.6 Å². The van der Waals surface area contributed by atoms with E-state index >= 15 is 0 Å². The summed E-state index contributed by atoms with van der Waals surface area (Å²) in [5.74, 6) is -0.320. The molecule has 0 radical (unpaired) electrons. The van der Waals surface area contributed by atoms with E-state index in [4.69, 9.17) is 17.0 Å². The zero-order valence-corrected chi connectivity index (χ0v) is 16.2. The molecule has 2 aromatic carbocycles. The Morgan fingerprint density at radius 2 is 1.63 bits per heavy atom. The zero-order valence-electron chi connectivity index (χ0n) is 15.4. The molecule has 0 unspecified atom stereocenters. The normalized spacial score (nSPS) is 13.9. The second-order valence-corrected chi connectivity index (χ2v) is 6.95. The van der Waals surface area contributed by atoms with Crippen molar-refractivity contribution in [2.45, 2.75) is 20.3 Å². The fraction of sp³-hybridized carbons (Fsp3) is 0.190. The van der Waals surface area contributed by atoms with Gasteiger partial charge in [-0.25, -0.2) is 0 Å². The smallest absolute Gasteiger partial charge is 0.263 e. The summed E-state index contributed by atoms with van der Waals surface area (Å²) < 4.78 is 5.53. The minimum absolute atomic E-state index is 0.00714. The molecule has 5 nitrogen and oxygen atoms in total. The van der Waals surface area contributed by atoms with Crippen LogP contribution in [0, 0.1) is 13.8 Å². The van der Waals surface area contributed by atoms with E-state index in [0.29, 0.717) is 11.3 Å². The van der Waals surface area contributed by atoms with Gasteiger partial charge in [0.2, 0.25) is 0 Å². The molecule has 2 aromatic rings. The molecule has 2 amide bonds. The van der Waals surface area contributed by atoms with Gasteiger partial charge in [-0.05, 0) is 54.9 Å². The molecule has 27 heavy (non-hydrogen) atoms. The van der Waals surface area contributed by atoms with Gasteiger partial charge in [0, 0.05) is 6.42 Å². The molecule has 0 aromatic heterocycles. The van der Waals surface area contributed by atoms with Crippen LogP contribution in [-0.2, 0) is 16.0 Å². The molecule has 1 heterocycles. The number of hydrogen-bond acceptors (Lipinski definition) is 4. The number of rotatable bonds is 4. The summed E-state index contributed by atoms with van der Waals surface area (Å²) in [6.07, 6.45) is 2.26. The molecular weight excluding hydrogens is 360 g/mol.